The highest BCUT2D eigenvalue weighted by molar-refractivity contribution is 7.99. The van der Waals surface area contributed by atoms with Gasteiger partial charge < -0.3 is 9.13 Å². The number of rotatable bonds is 3. The lowest BCUT2D eigenvalue weighted by Crippen LogP contribution is -2.01. The SMILES string of the molecule is c1ccc(-c2cccc(-n3c4ccc(-c5ccccc5)cc4c4c5c6ccccc6n6c5c(cc43)Sc3ccccc3-6)c2)cc1. The smallest absolute Gasteiger partial charge is 0.0688 e. The Hall–Kier alpha value is -5.51. The minimum atomic E-state index is 1.17. The van der Waals surface area contributed by atoms with Gasteiger partial charge in [-0.15, -0.1) is 0 Å². The van der Waals surface area contributed by atoms with E-state index in [4.69, 9.17) is 0 Å². The number of hydrogen-bond acceptors (Lipinski definition) is 1. The monoisotopic (exact) mass is 590 g/mol. The molecule has 0 spiro atoms. The van der Waals surface area contributed by atoms with Crippen molar-refractivity contribution < 1.29 is 0 Å². The standard InChI is InChI=1S/C42H26N2S/c1-3-12-27(13-4-1)29-16-11-17-31(24-29)43-35-23-22-30(28-14-5-2-6-15-28)25-33(35)40-37(43)26-39-42-41(40)32-18-7-8-19-34(32)44(42)36-20-9-10-21-38(36)45-39/h1-26H. The van der Waals surface area contributed by atoms with Crippen molar-refractivity contribution in [2.24, 2.45) is 0 Å². The lowest BCUT2D eigenvalue weighted by Gasteiger charge is -2.20. The van der Waals surface area contributed by atoms with Gasteiger partial charge in [-0.25, -0.2) is 0 Å². The van der Waals surface area contributed by atoms with Gasteiger partial charge in [-0.2, -0.15) is 0 Å². The van der Waals surface area contributed by atoms with Crippen LogP contribution in [0.2, 0.25) is 0 Å². The Morgan fingerprint density at radius 2 is 1.04 bits per heavy atom. The fourth-order valence-corrected chi connectivity index (χ4v) is 8.46. The molecule has 210 valence electrons. The van der Waals surface area contributed by atoms with Crippen LogP contribution in [0, 0.1) is 0 Å². The summed E-state index contributed by atoms with van der Waals surface area (Å²) in [5.41, 5.74) is 12.3. The second kappa shape index (κ2) is 9.49. The van der Waals surface area contributed by atoms with Crippen LogP contribution in [0.4, 0.5) is 0 Å². The first kappa shape index (κ1) is 24.9. The average molecular weight is 591 g/mol. The summed E-state index contributed by atoms with van der Waals surface area (Å²) in [6.07, 6.45) is 0. The molecule has 9 aromatic rings. The Kier molecular flexibility index (Phi) is 5.25. The molecule has 0 saturated carbocycles. The molecular formula is C42H26N2S. The van der Waals surface area contributed by atoms with E-state index in [2.05, 4.69) is 167 Å². The lowest BCUT2D eigenvalue weighted by molar-refractivity contribution is 1.09. The highest BCUT2D eigenvalue weighted by Crippen LogP contribution is 2.51. The van der Waals surface area contributed by atoms with Gasteiger partial charge in [0.05, 0.1) is 27.8 Å². The molecule has 10 rings (SSSR count). The van der Waals surface area contributed by atoms with Gasteiger partial charge in [-0.05, 0) is 70.8 Å². The molecule has 7 aromatic carbocycles. The Morgan fingerprint density at radius 1 is 0.378 bits per heavy atom. The third-order valence-electron chi connectivity index (χ3n) is 9.27. The van der Waals surface area contributed by atoms with Crippen molar-refractivity contribution in [3.05, 3.63) is 158 Å². The van der Waals surface area contributed by atoms with E-state index in [1.807, 2.05) is 11.8 Å². The van der Waals surface area contributed by atoms with Gasteiger partial charge in [0.25, 0.3) is 0 Å². The molecule has 0 N–H and O–H groups in total. The second-order valence-corrected chi connectivity index (χ2v) is 12.8. The maximum absolute atomic E-state index is 2.49. The Balaban J connectivity index is 1.39. The normalized spacial score (nSPS) is 12.4. The van der Waals surface area contributed by atoms with E-state index in [0.29, 0.717) is 0 Å². The zero-order valence-corrected chi connectivity index (χ0v) is 25.1. The van der Waals surface area contributed by atoms with E-state index >= 15 is 0 Å². The van der Waals surface area contributed by atoms with Crippen LogP contribution in [0.3, 0.4) is 0 Å². The molecule has 1 aliphatic rings. The topological polar surface area (TPSA) is 9.86 Å². The maximum Gasteiger partial charge on any atom is 0.0688 e. The lowest BCUT2D eigenvalue weighted by atomic mass is 10.0. The number of fused-ring (bicyclic) bond motifs is 9. The van der Waals surface area contributed by atoms with E-state index in [-0.39, 0.29) is 0 Å². The summed E-state index contributed by atoms with van der Waals surface area (Å²) < 4.78 is 4.97. The minimum Gasteiger partial charge on any atom is -0.309 e. The number of nitrogens with zero attached hydrogens (tertiary/aromatic N) is 2. The van der Waals surface area contributed by atoms with Crippen molar-refractivity contribution in [3.8, 4) is 33.6 Å². The van der Waals surface area contributed by atoms with Crippen molar-refractivity contribution in [2.45, 2.75) is 9.79 Å². The third-order valence-corrected chi connectivity index (χ3v) is 10.4. The van der Waals surface area contributed by atoms with Gasteiger partial charge in [0.2, 0.25) is 0 Å². The largest absolute Gasteiger partial charge is 0.309 e. The first-order valence-electron chi connectivity index (χ1n) is 15.4. The van der Waals surface area contributed by atoms with E-state index in [1.165, 1.54) is 87.0 Å². The summed E-state index contributed by atoms with van der Waals surface area (Å²) in [5, 5.41) is 5.20. The van der Waals surface area contributed by atoms with Crippen LogP contribution in [0.15, 0.2) is 168 Å². The average Bonchev–Trinajstić information content (AvgIpc) is 3.62. The van der Waals surface area contributed by atoms with E-state index in [9.17, 15) is 0 Å². The van der Waals surface area contributed by atoms with Crippen molar-refractivity contribution >= 4 is 55.4 Å². The molecule has 0 amide bonds. The molecule has 0 saturated heterocycles. The molecule has 2 nitrogen and oxygen atoms in total. The Morgan fingerprint density at radius 3 is 1.87 bits per heavy atom. The fraction of sp³-hybridized carbons (Fsp3) is 0. The Labute approximate surface area is 264 Å². The molecule has 0 radical (unpaired) electrons. The van der Waals surface area contributed by atoms with Gasteiger partial charge in [0.15, 0.2) is 0 Å². The predicted octanol–water partition coefficient (Wildman–Crippen LogP) is 11.7. The summed E-state index contributed by atoms with van der Waals surface area (Å²) in [5.74, 6) is 0. The molecule has 0 unspecified atom stereocenters. The molecule has 0 atom stereocenters. The quantitative estimate of drug-likeness (QED) is 0.199. The number of benzene rings is 7. The Bertz CT molecular complexity index is 2610. The van der Waals surface area contributed by atoms with Crippen LogP contribution in [-0.4, -0.2) is 9.13 Å². The predicted molar refractivity (Wildman–Crippen MR) is 190 cm³/mol. The number of aromatic nitrogens is 2. The van der Waals surface area contributed by atoms with Gasteiger partial charge in [-0.3, -0.25) is 0 Å². The summed E-state index contributed by atoms with van der Waals surface area (Å²) in [6.45, 7) is 0. The zero-order chi connectivity index (χ0) is 29.5. The van der Waals surface area contributed by atoms with Crippen molar-refractivity contribution in [1.29, 1.82) is 0 Å². The van der Waals surface area contributed by atoms with Crippen LogP contribution >= 0.6 is 11.8 Å². The summed E-state index contributed by atoms with van der Waals surface area (Å²) in [4.78, 5) is 2.58. The summed E-state index contributed by atoms with van der Waals surface area (Å²) >= 11 is 1.88. The van der Waals surface area contributed by atoms with Gasteiger partial charge in [0, 0.05) is 37.0 Å². The van der Waals surface area contributed by atoms with E-state index < -0.39 is 0 Å². The molecule has 1 aliphatic heterocycles. The molecular weight excluding hydrogens is 565 g/mol. The minimum absolute atomic E-state index is 1.17. The first-order valence-corrected chi connectivity index (χ1v) is 16.2. The third kappa shape index (κ3) is 3.59. The molecule has 2 aromatic heterocycles. The molecule has 3 heteroatoms. The molecule has 0 fully saturated rings. The molecule has 0 aliphatic carbocycles. The summed E-state index contributed by atoms with van der Waals surface area (Å²) in [6, 6.07) is 57.6. The van der Waals surface area contributed by atoms with Gasteiger partial charge >= 0.3 is 0 Å². The van der Waals surface area contributed by atoms with Crippen molar-refractivity contribution in [3.63, 3.8) is 0 Å². The van der Waals surface area contributed by atoms with E-state index in [1.54, 1.807) is 0 Å². The molecule has 0 bridgehead atoms. The van der Waals surface area contributed by atoms with Crippen LogP contribution in [0.25, 0.3) is 77.2 Å². The first-order chi connectivity index (χ1) is 22.3. The van der Waals surface area contributed by atoms with Crippen LogP contribution < -0.4 is 0 Å². The number of para-hydroxylation sites is 2. The zero-order valence-electron chi connectivity index (χ0n) is 24.3. The second-order valence-electron chi connectivity index (χ2n) is 11.8. The van der Waals surface area contributed by atoms with Crippen LogP contribution in [-0.2, 0) is 0 Å². The van der Waals surface area contributed by atoms with Gasteiger partial charge in [-0.1, -0.05) is 121 Å². The van der Waals surface area contributed by atoms with Crippen molar-refractivity contribution in [1.82, 2.24) is 9.13 Å². The van der Waals surface area contributed by atoms with Crippen LogP contribution in [0.5, 0.6) is 0 Å². The maximum atomic E-state index is 2.49. The highest BCUT2D eigenvalue weighted by Gasteiger charge is 2.27. The molecule has 3 heterocycles. The fourth-order valence-electron chi connectivity index (χ4n) is 7.35. The highest BCUT2D eigenvalue weighted by atomic mass is 32.2. The van der Waals surface area contributed by atoms with Gasteiger partial charge in [0.1, 0.15) is 0 Å². The van der Waals surface area contributed by atoms with E-state index in [0.717, 1.165) is 0 Å². The summed E-state index contributed by atoms with van der Waals surface area (Å²) in [7, 11) is 0. The van der Waals surface area contributed by atoms with Crippen molar-refractivity contribution in [2.75, 3.05) is 0 Å². The molecule has 45 heavy (non-hydrogen) atoms. The van der Waals surface area contributed by atoms with Crippen LogP contribution in [0.1, 0.15) is 0 Å². The number of hydrogen-bond donors (Lipinski definition) is 0.